The van der Waals surface area contributed by atoms with Crippen molar-refractivity contribution in [1.82, 2.24) is 4.72 Å². The fraction of sp³-hybridized carbons (Fsp3) is 0.579. The van der Waals surface area contributed by atoms with E-state index >= 15 is 0 Å². The average Bonchev–Trinajstić information content (AvgIpc) is 3.07. The summed E-state index contributed by atoms with van der Waals surface area (Å²) < 4.78 is 63.3. The lowest BCUT2D eigenvalue weighted by Crippen LogP contribution is -2.43. The normalized spacial score (nSPS) is 30.6. The molecule has 13 heteroatoms. The van der Waals surface area contributed by atoms with E-state index in [9.17, 15) is 22.6 Å². The highest BCUT2D eigenvalue weighted by molar-refractivity contribution is 7.92. The van der Waals surface area contributed by atoms with Gasteiger partial charge in [0.15, 0.2) is 0 Å². The molecule has 2 aromatic carbocycles. The predicted octanol–water partition coefficient (Wildman–Crippen LogP) is 7.75. The molecule has 0 radical (unpaired) electrons. The Bertz CT molecular complexity index is 1730. The van der Waals surface area contributed by atoms with Crippen LogP contribution in [-0.4, -0.2) is 60.9 Å². The van der Waals surface area contributed by atoms with Gasteiger partial charge in [0.1, 0.15) is 15.7 Å². The molecule has 9 nitrogen and oxygen atoms in total. The van der Waals surface area contributed by atoms with E-state index in [1.807, 2.05) is 25.1 Å². The number of carbonyl (C=O) groups is 2. The molecule has 6 rings (SSSR count). The number of fused-ring (bicyclic) bond motifs is 3. The topological polar surface area (TPSA) is 107 Å². The maximum Gasteiger partial charge on any atom is 0.345 e. The molecule has 2 amide bonds. The monoisotopic (exact) mass is 747 g/mol. The Hall–Kier alpha value is -3.06. The smallest absolute Gasteiger partial charge is 0.345 e. The highest BCUT2D eigenvalue weighted by atomic mass is 35.5. The predicted molar refractivity (Wildman–Crippen MR) is 193 cm³/mol. The second-order valence-electron chi connectivity index (χ2n) is 14.5. The van der Waals surface area contributed by atoms with E-state index in [2.05, 4.69) is 30.9 Å². The van der Waals surface area contributed by atoms with Crippen LogP contribution in [0.2, 0.25) is 5.02 Å². The first-order valence-electron chi connectivity index (χ1n) is 18.0. The third-order valence-corrected chi connectivity index (χ3v) is 12.9. The fourth-order valence-corrected chi connectivity index (χ4v) is 9.87. The van der Waals surface area contributed by atoms with Crippen LogP contribution in [0.1, 0.15) is 79.8 Å². The Morgan fingerprint density at radius 3 is 2.73 bits per heavy atom. The summed E-state index contributed by atoms with van der Waals surface area (Å²) in [6.07, 6.45) is 9.28. The van der Waals surface area contributed by atoms with E-state index < -0.39 is 34.4 Å². The van der Waals surface area contributed by atoms with Gasteiger partial charge in [-0.1, -0.05) is 36.7 Å². The number of allylic oxidation sites excluding steroid dienone is 1. The molecular weight excluding hydrogens is 700 g/mol. The number of amides is 2. The third-order valence-electron chi connectivity index (χ3n) is 10.6. The number of benzene rings is 2. The van der Waals surface area contributed by atoms with Crippen molar-refractivity contribution < 1.29 is 36.8 Å². The maximum atomic E-state index is 14.4. The summed E-state index contributed by atoms with van der Waals surface area (Å²) in [5.41, 5.74) is 3.32. The van der Waals surface area contributed by atoms with Gasteiger partial charge in [0, 0.05) is 37.2 Å². The van der Waals surface area contributed by atoms with Crippen molar-refractivity contribution in [3.05, 3.63) is 70.3 Å². The minimum Gasteiger partial charge on any atom is -0.491 e. The summed E-state index contributed by atoms with van der Waals surface area (Å²) in [6, 6.07) is 11.2. The molecule has 2 aromatic rings. The van der Waals surface area contributed by atoms with Crippen molar-refractivity contribution in [1.29, 1.82) is 0 Å². The highest BCUT2D eigenvalue weighted by Gasteiger charge is 2.38. The molecule has 2 aliphatic carbocycles. The number of aryl methyl sites for hydroxylation is 1. The van der Waals surface area contributed by atoms with Crippen LogP contribution in [0.25, 0.3) is 0 Å². The number of nitrogens with zero attached hydrogens (tertiary/aromatic N) is 2. The molecule has 1 unspecified atom stereocenters. The van der Waals surface area contributed by atoms with Gasteiger partial charge in [-0.2, -0.15) is 8.78 Å². The van der Waals surface area contributed by atoms with E-state index in [1.165, 1.54) is 5.56 Å². The summed E-state index contributed by atoms with van der Waals surface area (Å²) in [7, 11) is -1.83. The molecule has 51 heavy (non-hydrogen) atoms. The van der Waals surface area contributed by atoms with Gasteiger partial charge < -0.3 is 19.1 Å². The van der Waals surface area contributed by atoms with Crippen molar-refractivity contribution in [3.63, 3.8) is 0 Å². The van der Waals surface area contributed by atoms with Crippen molar-refractivity contribution in [2.45, 2.75) is 90.1 Å². The molecule has 0 saturated heterocycles. The molecule has 2 heterocycles. The van der Waals surface area contributed by atoms with Crippen LogP contribution < -0.4 is 14.4 Å². The SMILES string of the molecule is CO[C@H]1/C=C/C[C@H](C)CS(=O)(NC(=O)C[C@H]2C[C@@H](OC(F)F)C2)=NC(=O)c2ccc3c(c2)N(Cc2ccc(Cl)cc2CCCCO3)C[C@@H]2CC[C@H]21. The number of ether oxygens (including phenoxy) is 3. The van der Waals surface area contributed by atoms with Crippen molar-refractivity contribution >= 4 is 39.0 Å². The van der Waals surface area contributed by atoms with E-state index in [1.54, 1.807) is 25.3 Å². The van der Waals surface area contributed by atoms with E-state index in [4.69, 9.17) is 21.1 Å². The maximum absolute atomic E-state index is 14.4. The van der Waals surface area contributed by atoms with Crippen LogP contribution in [0.3, 0.4) is 0 Å². The number of halogens is 3. The number of carbonyl (C=O) groups excluding carboxylic acids is 2. The molecular formula is C38H48ClF2N3O6S. The third kappa shape index (κ3) is 9.68. The number of anilines is 1. The number of alkyl halides is 2. The number of nitrogens with one attached hydrogen (secondary N) is 1. The van der Waals surface area contributed by atoms with Gasteiger partial charge in [-0.3, -0.25) is 14.3 Å². The van der Waals surface area contributed by atoms with Gasteiger partial charge in [-0.25, -0.2) is 4.21 Å². The summed E-state index contributed by atoms with van der Waals surface area (Å²) in [5.74, 6) is -0.365. The van der Waals surface area contributed by atoms with Crippen molar-refractivity contribution in [2.24, 2.45) is 28.0 Å². The molecule has 0 spiro atoms. The fourth-order valence-electron chi connectivity index (χ4n) is 7.75. The van der Waals surface area contributed by atoms with Gasteiger partial charge in [0.2, 0.25) is 5.91 Å². The van der Waals surface area contributed by atoms with Crippen LogP contribution in [0.4, 0.5) is 14.5 Å². The Labute approximate surface area is 304 Å². The lowest BCUT2D eigenvalue weighted by atomic mass is 9.70. The largest absolute Gasteiger partial charge is 0.491 e. The van der Waals surface area contributed by atoms with Crippen molar-refractivity contribution in [3.8, 4) is 5.75 Å². The van der Waals surface area contributed by atoms with Crippen LogP contribution in [0.5, 0.6) is 5.75 Å². The van der Waals surface area contributed by atoms with E-state index in [0.717, 1.165) is 43.4 Å². The zero-order valence-corrected chi connectivity index (χ0v) is 30.8. The first kappa shape index (κ1) is 37.7. The molecule has 5 atom stereocenters. The van der Waals surface area contributed by atoms with Gasteiger partial charge in [-0.05, 0) is 116 Å². The molecule has 2 bridgehead atoms. The molecule has 4 aliphatic rings. The molecule has 278 valence electrons. The van der Waals surface area contributed by atoms with Crippen LogP contribution in [-0.2, 0) is 37.1 Å². The molecule has 2 saturated carbocycles. The summed E-state index contributed by atoms with van der Waals surface area (Å²) >= 11 is 6.45. The number of methoxy groups -OCH3 is 1. The number of hydrogen-bond donors (Lipinski definition) is 1. The quantitative estimate of drug-likeness (QED) is 0.302. The lowest BCUT2D eigenvalue weighted by Gasteiger charge is -2.43. The molecule has 0 aromatic heterocycles. The van der Waals surface area contributed by atoms with Crippen molar-refractivity contribution in [2.75, 3.05) is 30.9 Å². The summed E-state index contributed by atoms with van der Waals surface area (Å²) in [6.45, 7) is 0.828. The standard InChI is InChI=1S/C38H48ClF2N3O6S/c1-24-6-5-8-34(48-2)32-13-10-29(32)22-44-21-28-9-12-30(39)19-26(28)7-3-4-15-49-35-14-11-27(20-33(35)44)37(46)43-51(47,23-24)42-36(45)18-25-16-31(17-25)50-38(40)41/h5,8-9,11-12,14,19-20,24-25,29,31-32,34,38H,3-4,6-7,10,13,15-18,21-23H2,1-2H3,(H,42,43,45,46,47)/b8-5+/t24-,25-,29-,31+,32+,34-,51?/m0/s1. The Morgan fingerprint density at radius 2 is 1.98 bits per heavy atom. The van der Waals surface area contributed by atoms with Gasteiger partial charge in [0.05, 0.1) is 30.3 Å². The first-order chi connectivity index (χ1) is 24.5. The van der Waals surface area contributed by atoms with Crippen LogP contribution in [0.15, 0.2) is 52.9 Å². The van der Waals surface area contributed by atoms with Crippen LogP contribution in [0, 0.1) is 23.7 Å². The first-order valence-corrected chi connectivity index (χ1v) is 20.1. The Morgan fingerprint density at radius 1 is 1.16 bits per heavy atom. The van der Waals surface area contributed by atoms with Gasteiger partial charge in [-0.15, -0.1) is 4.36 Å². The van der Waals surface area contributed by atoms with Crippen LogP contribution >= 0.6 is 11.6 Å². The minimum atomic E-state index is -3.56. The summed E-state index contributed by atoms with van der Waals surface area (Å²) in [4.78, 5) is 29.3. The Balaban J connectivity index is 1.36. The Kier molecular flexibility index (Phi) is 12.4. The molecule has 2 aliphatic heterocycles. The molecule has 2 fully saturated rings. The molecule has 1 N–H and O–H groups in total. The lowest BCUT2D eigenvalue weighted by molar-refractivity contribution is -0.191. The van der Waals surface area contributed by atoms with E-state index in [-0.39, 0.29) is 35.7 Å². The second-order valence-corrected chi connectivity index (χ2v) is 17.0. The average molecular weight is 748 g/mol. The number of hydrogen-bond acceptors (Lipinski definition) is 7. The second kappa shape index (κ2) is 16.7. The minimum absolute atomic E-state index is 0.0199. The van der Waals surface area contributed by atoms with Gasteiger partial charge >= 0.3 is 6.61 Å². The summed E-state index contributed by atoms with van der Waals surface area (Å²) in [5, 5.41) is 0.694. The highest BCUT2D eigenvalue weighted by Crippen LogP contribution is 2.42. The van der Waals surface area contributed by atoms with E-state index in [0.29, 0.717) is 61.6 Å². The zero-order valence-electron chi connectivity index (χ0n) is 29.2. The number of rotatable bonds is 6. The zero-order chi connectivity index (χ0) is 36.1. The van der Waals surface area contributed by atoms with Gasteiger partial charge in [0.25, 0.3) is 5.91 Å².